The van der Waals surface area contributed by atoms with E-state index in [1.165, 1.54) is 6.92 Å². The molecule has 0 bridgehead atoms. The molecule has 0 unspecified atom stereocenters. The molecule has 1 N–H and O–H groups in total. The Morgan fingerprint density at radius 3 is 2.45 bits per heavy atom. The van der Waals surface area contributed by atoms with Gasteiger partial charge in [0.1, 0.15) is 5.78 Å². The molecule has 22 heavy (non-hydrogen) atoms. The van der Waals surface area contributed by atoms with Crippen LogP contribution in [-0.4, -0.2) is 24.3 Å². The maximum Gasteiger partial charge on any atom is 0.306 e. The second-order valence-electron chi connectivity index (χ2n) is 4.97. The minimum absolute atomic E-state index is 0.00140. The summed E-state index contributed by atoms with van der Waals surface area (Å²) in [5.41, 5.74) is 0.642. The molecule has 0 radical (unpaired) electrons. The average Bonchev–Trinajstić information content (AvgIpc) is 2.50. The van der Waals surface area contributed by atoms with Crippen molar-refractivity contribution >= 4 is 34.1 Å². The predicted molar refractivity (Wildman–Crippen MR) is 83.5 cm³/mol. The lowest BCUT2D eigenvalue weighted by molar-refractivity contribution is -0.148. The summed E-state index contributed by atoms with van der Waals surface area (Å²) in [4.78, 5) is 33.8. The van der Waals surface area contributed by atoms with Crippen molar-refractivity contribution < 1.29 is 19.1 Å². The number of fused-ring (bicyclic) bond motifs is 1. The van der Waals surface area contributed by atoms with Gasteiger partial charge in [0, 0.05) is 12.1 Å². The summed E-state index contributed by atoms with van der Waals surface area (Å²) in [6.07, 6.45) is 0.129. The molecule has 0 aliphatic rings. The fourth-order valence-corrected chi connectivity index (χ4v) is 1.96. The Labute approximate surface area is 128 Å². The van der Waals surface area contributed by atoms with E-state index in [4.69, 9.17) is 4.74 Å². The number of nitrogens with one attached hydrogen (secondary N) is 1. The normalized spacial score (nSPS) is 10.2. The van der Waals surface area contributed by atoms with Gasteiger partial charge in [0.2, 0.25) is 0 Å². The van der Waals surface area contributed by atoms with E-state index in [2.05, 4.69) is 5.32 Å². The molecule has 2 rings (SSSR count). The summed E-state index contributed by atoms with van der Waals surface area (Å²) in [7, 11) is 0. The van der Waals surface area contributed by atoms with Crippen LogP contribution in [-0.2, 0) is 19.1 Å². The van der Waals surface area contributed by atoms with Gasteiger partial charge in [-0.3, -0.25) is 9.59 Å². The van der Waals surface area contributed by atoms with E-state index in [1.54, 1.807) is 6.07 Å². The second-order valence-corrected chi connectivity index (χ2v) is 4.97. The molecule has 0 aliphatic heterocycles. The second kappa shape index (κ2) is 7.36. The SMILES string of the molecule is CC(=O)CCC(=O)OCC(=O)Nc1ccc2ccccc2c1. The van der Waals surface area contributed by atoms with Crippen LogP contribution >= 0.6 is 0 Å². The number of carbonyl (C=O) groups excluding carboxylic acids is 3. The van der Waals surface area contributed by atoms with Crippen molar-refractivity contribution in [2.24, 2.45) is 0 Å². The van der Waals surface area contributed by atoms with E-state index in [0.717, 1.165) is 10.8 Å². The number of benzene rings is 2. The lowest BCUT2D eigenvalue weighted by Crippen LogP contribution is -2.21. The van der Waals surface area contributed by atoms with Crippen LogP contribution in [0.1, 0.15) is 19.8 Å². The zero-order valence-corrected chi connectivity index (χ0v) is 12.3. The summed E-state index contributed by atoms with van der Waals surface area (Å²) in [6.45, 7) is 1.04. The Kier molecular flexibility index (Phi) is 5.25. The first-order chi connectivity index (χ1) is 10.5. The van der Waals surface area contributed by atoms with Crippen molar-refractivity contribution in [2.45, 2.75) is 19.8 Å². The van der Waals surface area contributed by atoms with Gasteiger partial charge in [-0.25, -0.2) is 0 Å². The topological polar surface area (TPSA) is 72.5 Å². The molecule has 0 saturated carbocycles. The van der Waals surface area contributed by atoms with Gasteiger partial charge in [-0.05, 0) is 29.8 Å². The summed E-state index contributed by atoms with van der Waals surface area (Å²) in [5.74, 6) is -1.05. The number of Topliss-reactive ketones (excluding diaryl/α,β-unsaturated/α-hetero) is 1. The Hall–Kier alpha value is -2.69. The fraction of sp³-hybridized carbons (Fsp3) is 0.235. The van der Waals surface area contributed by atoms with Crippen LogP contribution in [0.2, 0.25) is 0 Å². The highest BCUT2D eigenvalue weighted by molar-refractivity contribution is 5.95. The highest BCUT2D eigenvalue weighted by Gasteiger charge is 2.09. The summed E-state index contributed by atoms with van der Waals surface area (Å²) < 4.78 is 4.81. The number of hydrogen-bond donors (Lipinski definition) is 1. The number of amides is 1. The van der Waals surface area contributed by atoms with E-state index in [0.29, 0.717) is 5.69 Å². The van der Waals surface area contributed by atoms with Crippen LogP contribution in [0.3, 0.4) is 0 Å². The quantitative estimate of drug-likeness (QED) is 0.832. The number of hydrogen-bond acceptors (Lipinski definition) is 4. The molecule has 0 atom stereocenters. The molecule has 0 aliphatic carbocycles. The van der Waals surface area contributed by atoms with Crippen LogP contribution < -0.4 is 5.32 Å². The largest absolute Gasteiger partial charge is 0.456 e. The predicted octanol–water partition coefficient (Wildman–Crippen LogP) is 2.69. The molecule has 0 aromatic heterocycles. The van der Waals surface area contributed by atoms with Crippen LogP contribution in [0.4, 0.5) is 5.69 Å². The van der Waals surface area contributed by atoms with Gasteiger partial charge in [0.15, 0.2) is 6.61 Å². The number of carbonyl (C=O) groups is 3. The Morgan fingerprint density at radius 2 is 1.73 bits per heavy atom. The lowest BCUT2D eigenvalue weighted by Gasteiger charge is -2.07. The van der Waals surface area contributed by atoms with E-state index in [-0.39, 0.29) is 25.2 Å². The minimum atomic E-state index is -0.552. The molecular formula is C17H17NO4. The maximum absolute atomic E-state index is 11.7. The van der Waals surface area contributed by atoms with Crippen molar-refractivity contribution in [2.75, 3.05) is 11.9 Å². The van der Waals surface area contributed by atoms with Gasteiger partial charge in [0.25, 0.3) is 5.91 Å². The van der Waals surface area contributed by atoms with Crippen LogP contribution in [0.25, 0.3) is 10.8 Å². The summed E-state index contributed by atoms with van der Waals surface area (Å²) in [5, 5.41) is 4.76. The molecule has 5 heteroatoms. The third-order valence-electron chi connectivity index (χ3n) is 3.08. The standard InChI is InChI=1S/C17H17NO4/c1-12(19)6-9-17(21)22-11-16(20)18-15-8-7-13-4-2-3-5-14(13)10-15/h2-5,7-8,10H,6,9,11H2,1H3,(H,18,20). The molecule has 0 fully saturated rings. The zero-order valence-electron chi connectivity index (χ0n) is 12.3. The van der Waals surface area contributed by atoms with Crippen LogP contribution in [0.15, 0.2) is 42.5 Å². The van der Waals surface area contributed by atoms with E-state index >= 15 is 0 Å². The third kappa shape index (κ3) is 4.70. The molecule has 2 aromatic rings. The molecule has 114 valence electrons. The van der Waals surface area contributed by atoms with Gasteiger partial charge in [-0.15, -0.1) is 0 Å². The molecule has 2 aromatic carbocycles. The van der Waals surface area contributed by atoms with Gasteiger partial charge in [0.05, 0.1) is 6.42 Å². The monoisotopic (exact) mass is 299 g/mol. The highest BCUT2D eigenvalue weighted by atomic mass is 16.5. The number of ketones is 1. The average molecular weight is 299 g/mol. The van der Waals surface area contributed by atoms with Gasteiger partial charge in [-0.1, -0.05) is 30.3 Å². The van der Waals surface area contributed by atoms with Crippen molar-refractivity contribution in [1.82, 2.24) is 0 Å². The summed E-state index contributed by atoms with van der Waals surface area (Å²) in [6, 6.07) is 13.3. The zero-order chi connectivity index (χ0) is 15.9. The first-order valence-corrected chi connectivity index (χ1v) is 6.98. The maximum atomic E-state index is 11.7. The fourth-order valence-electron chi connectivity index (χ4n) is 1.96. The molecule has 0 heterocycles. The molecule has 0 saturated heterocycles. The Morgan fingerprint density at radius 1 is 1.00 bits per heavy atom. The van der Waals surface area contributed by atoms with Crippen molar-refractivity contribution in [3.63, 3.8) is 0 Å². The Bertz CT molecular complexity index is 709. The summed E-state index contributed by atoms with van der Waals surface area (Å²) >= 11 is 0. The molecule has 5 nitrogen and oxygen atoms in total. The number of anilines is 1. The van der Waals surface area contributed by atoms with Gasteiger partial charge >= 0.3 is 5.97 Å². The first kappa shape index (κ1) is 15.7. The first-order valence-electron chi connectivity index (χ1n) is 6.98. The number of rotatable bonds is 6. The van der Waals surface area contributed by atoms with E-state index in [9.17, 15) is 14.4 Å². The highest BCUT2D eigenvalue weighted by Crippen LogP contribution is 2.18. The van der Waals surface area contributed by atoms with Crippen molar-refractivity contribution in [3.05, 3.63) is 42.5 Å². The van der Waals surface area contributed by atoms with Crippen LogP contribution in [0.5, 0.6) is 0 Å². The van der Waals surface area contributed by atoms with Crippen LogP contribution in [0, 0.1) is 0 Å². The van der Waals surface area contributed by atoms with Gasteiger partial charge < -0.3 is 14.8 Å². The smallest absolute Gasteiger partial charge is 0.306 e. The van der Waals surface area contributed by atoms with E-state index < -0.39 is 11.9 Å². The molecular weight excluding hydrogens is 282 g/mol. The lowest BCUT2D eigenvalue weighted by atomic mass is 10.1. The van der Waals surface area contributed by atoms with E-state index in [1.807, 2.05) is 36.4 Å². The third-order valence-corrected chi connectivity index (χ3v) is 3.08. The Balaban J connectivity index is 1.85. The number of esters is 1. The minimum Gasteiger partial charge on any atom is -0.456 e. The van der Waals surface area contributed by atoms with Crippen molar-refractivity contribution in [3.8, 4) is 0 Å². The number of ether oxygens (including phenoxy) is 1. The molecule has 0 spiro atoms. The van der Waals surface area contributed by atoms with Gasteiger partial charge in [-0.2, -0.15) is 0 Å². The van der Waals surface area contributed by atoms with Crippen molar-refractivity contribution in [1.29, 1.82) is 0 Å². The molecule has 1 amide bonds.